The standard InChI is InChI=1S/C37H34N4O3/c1-5-40(6-2)26-20-21-27(31(23-26)43-7-3)37(35-34(36(42)44-37)38-28-17-11-12-18-29(28)39-35)33-30-19-13-14-22-41(30)24(4)32(33)25-15-9-8-10-16-25/h8-23H,5-7H2,1-4H3. The van der Waals surface area contributed by atoms with Gasteiger partial charge in [0.25, 0.3) is 0 Å². The number of fused-ring (bicyclic) bond motifs is 3. The Bertz CT molecular complexity index is 2030. The van der Waals surface area contributed by atoms with Crippen LogP contribution in [0.15, 0.2) is 97.2 Å². The Kier molecular flexibility index (Phi) is 6.81. The van der Waals surface area contributed by atoms with Gasteiger partial charge in [0.2, 0.25) is 5.60 Å². The van der Waals surface area contributed by atoms with Crippen LogP contribution in [0.2, 0.25) is 0 Å². The molecule has 0 saturated carbocycles. The first kappa shape index (κ1) is 27.7. The van der Waals surface area contributed by atoms with Crippen LogP contribution in [0.5, 0.6) is 5.75 Å². The zero-order chi connectivity index (χ0) is 30.4. The summed E-state index contributed by atoms with van der Waals surface area (Å²) in [4.78, 5) is 26.3. The van der Waals surface area contributed by atoms with Gasteiger partial charge in [0.1, 0.15) is 11.4 Å². The number of anilines is 1. The van der Waals surface area contributed by atoms with Crippen molar-refractivity contribution in [3.05, 3.63) is 125 Å². The van der Waals surface area contributed by atoms with Crippen molar-refractivity contribution in [1.29, 1.82) is 0 Å². The molecule has 0 spiro atoms. The maximum atomic E-state index is 14.0. The van der Waals surface area contributed by atoms with Crippen molar-refractivity contribution in [2.45, 2.75) is 33.3 Å². The maximum absolute atomic E-state index is 14.0. The first-order valence-corrected chi connectivity index (χ1v) is 15.2. The van der Waals surface area contributed by atoms with Crippen molar-refractivity contribution < 1.29 is 14.3 Å². The van der Waals surface area contributed by atoms with E-state index in [2.05, 4.69) is 60.4 Å². The predicted molar refractivity (Wildman–Crippen MR) is 174 cm³/mol. The Hall–Kier alpha value is -5.17. The van der Waals surface area contributed by atoms with Gasteiger partial charge in [0, 0.05) is 53.4 Å². The van der Waals surface area contributed by atoms with Gasteiger partial charge in [-0.05, 0) is 69.7 Å². The van der Waals surface area contributed by atoms with E-state index in [1.165, 1.54) is 0 Å². The summed E-state index contributed by atoms with van der Waals surface area (Å²) < 4.78 is 15.3. The van der Waals surface area contributed by atoms with E-state index in [9.17, 15) is 4.79 Å². The Morgan fingerprint density at radius 2 is 1.57 bits per heavy atom. The van der Waals surface area contributed by atoms with E-state index < -0.39 is 11.6 Å². The third-order valence-corrected chi connectivity index (χ3v) is 8.62. The van der Waals surface area contributed by atoms with E-state index in [0.29, 0.717) is 34.6 Å². The van der Waals surface area contributed by atoms with Crippen LogP contribution in [0.1, 0.15) is 53.8 Å². The summed E-state index contributed by atoms with van der Waals surface area (Å²) in [7, 11) is 0. The largest absolute Gasteiger partial charge is 0.493 e. The number of para-hydroxylation sites is 2. The number of cyclic esters (lactones) is 1. The number of ether oxygens (including phenoxy) is 2. The van der Waals surface area contributed by atoms with Crippen molar-refractivity contribution in [3.63, 3.8) is 0 Å². The lowest BCUT2D eigenvalue weighted by molar-refractivity contribution is 0.0239. The molecule has 0 fully saturated rings. The van der Waals surface area contributed by atoms with Gasteiger partial charge in [-0.2, -0.15) is 0 Å². The van der Waals surface area contributed by atoms with Crippen molar-refractivity contribution in [2.24, 2.45) is 0 Å². The number of hydrogen-bond donors (Lipinski definition) is 0. The minimum Gasteiger partial charge on any atom is -0.493 e. The lowest BCUT2D eigenvalue weighted by Gasteiger charge is -2.32. The molecule has 6 aromatic rings. The molecule has 4 heterocycles. The van der Waals surface area contributed by atoms with E-state index >= 15 is 0 Å². The summed E-state index contributed by atoms with van der Waals surface area (Å²) in [5.41, 5.74) is 7.06. The number of rotatable bonds is 8. The highest BCUT2D eigenvalue weighted by Gasteiger charge is 2.55. The molecule has 7 heteroatoms. The van der Waals surface area contributed by atoms with Crippen LogP contribution in [0, 0.1) is 6.92 Å². The number of nitrogens with zero attached hydrogens (tertiary/aromatic N) is 4. The predicted octanol–water partition coefficient (Wildman–Crippen LogP) is 7.57. The first-order chi connectivity index (χ1) is 21.5. The van der Waals surface area contributed by atoms with Crippen LogP contribution in [-0.2, 0) is 10.3 Å². The van der Waals surface area contributed by atoms with Crippen molar-refractivity contribution in [2.75, 3.05) is 24.6 Å². The second-order valence-corrected chi connectivity index (χ2v) is 10.9. The molecule has 7 nitrogen and oxygen atoms in total. The number of carbonyl (C=O) groups is 1. The molecule has 1 aliphatic rings. The molecule has 0 amide bonds. The first-order valence-electron chi connectivity index (χ1n) is 15.2. The molecule has 0 radical (unpaired) electrons. The molecule has 1 unspecified atom stereocenters. The van der Waals surface area contributed by atoms with E-state index in [1.54, 1.807) is 0 Å². The topological polar surface area (TPSA) is 69.0 Å². The number of pyridine rings is 1. The summed E-state index contributed by atoms with van der Waals surface area (Å²) in [6.45, 7) is 10.5. The third-order valence-electron chi connectivity index (χ3n) is 8.62. The molecular formula is C37H34N4O3. The highest BCUT2D eigenvalue weighted by Crippen LogP contribution is 2.54. The molecule has 3 aromatic heterocycles. The van der Waals surface area contributed by atoms with Gasteiger partial charge in [0.15, 0.2) is 5.69 Å². The third kappa shape index (κ3) is 4.07. The molecule has 0 N–H and O–H groups in total. The molecule has 0 saturated heterocycles. The van der Waals surface area contributed by atoms with Gasteiger partial charge < -0.3 is 18.8 Å². The van der Waals surface area contributed by atoms with Gasteiger partial charge in [-0.25, -0.2) is 14.8 Å². The van der Waals surface area contributed by atoms with Crippen LogP contribution in [0.3, 0.4) is 0 Å². The fourth-order valence-electron chi connectivity index (χ4n) is 6.66. The average Bonchev–Trinajstić information content (AvgIpc) is 3.52. The molecule has 1 aliphatic heterocycles. The van der Waals surface area contributed by atoms with Gasteiger partial charge in [-0.15, -0.1) is 0 Å². The van der Waals surface area contributed by atoms with Crippen LogP contribution >= 0.6 is 0 Å². The van der Waals surface area contributed by atoms with Crippen molar-refractivity contribution in [3.8, 4) is 16.9 Å². The number of hydrogen-bond acceptors (Lipinski definition) is 6. The second-order valence-electron chi connectivity index (χ2n) is 10.9. The fourth-order valence-corrected chi connectivity index (χ4v) is 6.66. The highest BCUT2D eigenvalue weighted by molar-refractivity contribution is 5.98. The number of aryl methyl sites for hydroxylation is 1. The Morgan fingerprint density at radius 3 is 2.30 bits per heavy atom. The van der Waals surface area contributed by atoms with Crippen LogP contribution in [-0.4, -0.2) is 40.0 Å². The Balaban J connectivity index is 1.66. The van der Waals surface area contributed by atoms with Gasteiger partial charge in [0.05, 0.1) is 23.2 Å². The number of aromatic nitrogens is 3. The van der Waals surface area contributed by atoms with E-state index in [4.69, 9.17) is 19.4 Å². The molecule has 0 bridgehead atoms. The van der Waals surface area contributed by atoms with Gasteiger partial charge in [-0.3, -0.25) is 0 Å². The lowest BCUT2D eigenvalue weighted by Crippen LogP contribution is -2.32. The zero-order valence-corrected chi connectivity index (χ0v) is 25.4. The summed E-state index contributed by atoms with van der Waals surface area (Å²) in [5, 5.41) is 0. The van der Waals surface area contributed by atoms with E-state index in [-0.39, 0.29) is 5.69 Å². The summed E-state index contributed by atoms with van der Waals surface area (Å²) in [5.74, 6) is 0.125. The molecule has 44 heavy (non-hydrogen) atoms. The smallest absolute Gasteiger partial charge is 0.360 e. The monoisotopic (exact) mass is 582 g/mol. The molecule has 1 atom stereocenters. The summed E-state index contributed by atoms with van der Waals surface area (Å²) in [6.07, 6.45) is 2.05. The van der Waals surface area contributed by atoms with Crippen LogP contribution < -0.4 is 9.64 Å². The van der Waals surface area contributed by atoms with E-state index in [0.717, 1.165) is 46.7 Å². The Morgan fingerprint density at radius 1 is 0.864 bits per heavy atom. The molecule has 7 rings (SSSR count). The second kappa shape index (κ2) is 10.8. The average molecular weight is 583 g/mol. The normalized spacial score (nSPS) is 15.9. The van der Waals surface area contributed by atoms with Crippen LogP contribution in [0.4, 0.5) is 5.69 Å². The highest BCUT2D eigenvalue weighted by atomic mass is 16.6. The Labute approximate surface area is 256 Å². The SMILES string of the molecule is CCOc1cc(N(CC)CC)ccc1C1(c2c(-c3ccccc3)c(C)n3ccccc23)OC(=O)c2nc3ccccc3nc21. The minimum absolute atomic E-state index is 0.214. The van der Waals surface area contributed by atoms with Gasteiger partial charge >= 0.3 is 5.97 Å². The van der Waals surface area contributed by atoms with E-state index in [1.807, 2.05) is 73.8 Å². The number of carbonyl (C=O) groups excluding carboxylic acids is 1. The minimum atomic E-state index is -1.44. The zero-order valence-electron chi connectivity index (χ0n) is 25.4. The molecular weight excluding hydrogens is 548 g/mol. The molecule has 0 aliphatic carbocycles. The maximum Gasteiger partial charge on any atom is 0.360 e. The lowest BCUT2D eigenvalue weighted by atomic mass is 9.79. The van der Waals surface area contributed by atoms with Crippen molar-refractivity contribution >= 4 is 28.2 Å². The molecule has 3 aromatic carbocycles. The summed E-state index contributed by atoms with van der Waals surface area (Å²) >= 11 is 0. The van der Waals surface area contributed by atoms with Crippen molar-refractivity contribution in [1.82, 2.24) is 14.4 Å². The van der Waals surface area contributed by atoms with Gasteiger partial charge in [-0.1, -0.05) is 48.5 Å². The number of esters is 1. The quantitative estimate of drug-likeness (QED) is 0.173. The summed E-state index contributed by atoms with van der Waals surface area (Å²) in [6, 6.07) is 30.1. The van der Waals surface area contributed by atoms with Crippen LogP contribution in [0.25, 0.3) is 27.7 Å². The number of benzene rings is 3. The molecule has 220 valence electrons. The fraction of sp³-hybridized carbons (Fsp3) is 0.216.